The third kappa shape index (κ3) is 7.30. The number of hydrogen-bond donors (Lipinski definition) is 2. The van der Waals surface area contributed by atoms with E-state index in [1.54, 1.807) is 0 Å². The van der Waals surface area contributed by atoms with Gasteiger partial charge in [0.05, 0.1) is 0 Å². The zero-order chi connectivity index (χ0) is 20.5. The second-order valence-corrected chi connectivity index (χ2v) is 8.01. The van der Waals surface area contributed by atoms with E-state index in [-0.39, 0.29) is 35.8 Å². The van der Waals surface area contributed by atoms with Gasteiger partial charge in [0.2, 0.25) is 5.91 Å². The molecule has 1 aromatic rings. The lowest BCUT2D eigenvalue weighted by atomic mass is 9.96. The Hall–Kier alpha value is -1.55. The number of anilines is 1. The number of para-hydroxylation sites is 1. The first-order valence-electron chi connectivity index (χ1n) is 10.9. The summed E-state index contributed by atoms with van der Waals surface area (Å²) in [6.07, 6.45) is 4.11. The molecule has 0 unspecified atom stereocenters. The van der Waals surface area contributed by atoms with Crippen molar-refractivity contribution < 1.29 is 4.79 Å². The van der Waals surface area contributed by atoms with Crippen LogP contribution in [0.15, 0.2) is 35.3 Å². The summed E-state index contributed by atoms with van der Waals surface area (Å²) in [6, 6.07) is 10.6. The van der Waals surface area contributed by atoms with Crippen molar-refractivity contribution in [3.05, 3.63) is 30.3 Å². The van der Waals surface area contributed by atoms with E-state index in [1.165, 1.54) is 5.69 Å². The van der Waals surface area contributed by atoms with Crippen molar-refractivity contribution in [2.24, 2.45) is 16.6 Å². The number of rotatable bonds is 7. The smallest absolute Gasteiger partial charge is 0.220 e. The maximum Gasteiger partial charge on any atom is 0.220 e. The molecule has 0 saturated carbocycles. The minimum absolute atomic E-state index is 0. The highest BCUT2D eigenvalue weighted by Crippen LogP contribution is 2.17. The monoisotopic (exact) mass is 528 g/mol. The number of benzene rings is 1. The van der Waals surface area contributed by atoms with E-state index in [0.29, 0.717) is 0 Å². The van der Waals surface area contributed by atoms with Crippen molar-refractivity contribution in [3.63, 3.8) is 0 Å². The molecular weight excluding hydrogens is 491 g/mol. The molecule has 2 heterocycles. The molecule has 2 fully saturated rings. The van der Waals surface area contributed by atoms with Gasteiger partial charge in [0, 0.05) is 51.4 Å². The van der Waals surface area contributed by atoms with E-state index in [4.69, 9.17) is 5.73 Å². The summed E-state index contributed by atoms with van der Waals surface area (Å²) in [7, 11) is 1.87. The van der Waals surface area contributed by atoms with Gasteiger partial charge in [-0.2, -0.15) is 0 Å². The number of nitrogens with one attached hydrogen (secondary N) is 1. The number of carbonyl (C=O) groups excluding carboxylic acids is 1. The number of amides is 1. The van der Waals surface area contributed by atoms with Crippen LogP contribution >= 0.6 is 24.0 Å². The SMILES string of the molecule is CN=C(NCCCCN1CCC(C(N)=O)CC1)N1CCN(c2ccccc2)CC1.I. The number of piperidine rings is 1. The van der Waals surface area contributed by atoms with E-state index in [1.807, 2.05) is 7.05 Å². The molecule has 168 valence electrons. The maximum atomic E-state index is 11.3. The van der Waals surface area contributed by atoms with E-state index in [9.17, 15) is 4.79 Å². The van der Waals surface area contributed by atoms with Crippen LogP contribution in [-0.4, -0.2) is 81.1 Å². The topological polar surface area (TPSA) is 77.2 Å². The Balaban J connectivity index is 0.00000320. The van der Waals surface area contributed by atoms with E-state index >= 15 is 0 Å². The molecule has 1 aromatic carbocycles. The Morgan fingerprint density at radius 3 is 2.33 bits per heavy atom. The summed E-state index contributed by atoms with van der Waals surface area (Å²) >= 11 is 0. The van der Waals surface area contributed by atoms with E-state index in [0.717, 1.165) is 84.0 Å². The number of unbranched alkanes of at least 4 members (excludes halogenated alkanes) is 1. The highest BCUT2D eigenvalue weighted by molar-refractivity contribution is 14.0. The summed E-state index contributed by atoms with van der Waals surface area (Å²) in [5, 5.41) is 3.53. The Labute approximate surface area is 198 Å². The molecule has 0 radical (unpaired) electrons. The number of aliphatic imine (C=N–C) groups is 1. The number of primary amides is 1. The molecule has 2 aliphatic rings. The van der Waals surface area contributed by atoms with Crippen LogP contribution in [-0.2, 0) is 4.79 Å². The number of guanidine groups is 1. The van der Waals surface area contributed by atoms with Crippen LogP contribution < -0.4 is 16.0 Å². The predicted molar refractivity (Wildman–Crippen MR) is 135 cm³/mol. The number of carbonyl (C=O) groups is 1. The van der Waals surface area contributed by atoms with Crippen molar-refractivity contribution >= 4 is 41.5 Å². The summed E-state index contributed by atoms with van der Waals surface area (Å²) < 4.78 is 0. The van der Waals surface area contributed by atoms with Crippen LogP contribution in [0.4, 0.5) is 5.69 Å². The van der Waals surface area contributed by atoms with Crippen molar-refractivity contribution in [1.82, 2.24) is 15.1 Å². The molecule has 0 aliphatic carbocycles. The Kier molecular flexibility index (Phi) is 10.7. The highest BCUT2D eigenvalue weighted by Gasteiger charge is 2.22. The number of likely N-dealkylation sites (tertiary alicyclic amines) is 1. The largest absolute Gasteiger partial charge is 0.369 e. The predicted octanol–water partition coefficient (Wildman–Crippen LogP) is 1.98. The standard InChI is InChI=1S/C22H36N6O.HI/c1-24-22(28-17-15-27(16-18-28)20-7-3-2-4-8-20)25-11-5-6-12-26-13-9-19(10-14-26)21(23)29;/h2-4,7-8,19H,5-6,9-18H2,1H3,(H2,23,29)(H,24,25);1H. The van der Waals surface area contributed by atoms with Gasteiger partial charge < -0.3 is 25.8 Å². The number of nitrogens with two attached hydrogens (primary N) is 1. The Bertz CT molecular complexity index is 655. The summed E-state index contributed by atoms with van der Waals surface area (Å²) in [4.78, 5) is 23.0. The van der Waals surface area contributed by atoms with Crippen molar-refractivity contribution in [3.8, 4) is 0 Å². The fraction of sp³-hybridized carbons (Fsp3) is 0.636. The molecule has 0 spiro atoms. The van der Waals surface area contributed by atoms with Crippen LogP contribution in [0, 0.1) is 5.92 Å². The number of halogens is 1. The molecule has 30 heavy (non-hydrogen) atoms. The van der Waals surface area contributed by atoms with Crippen molar-refractivity contribution in [1.29, 1.82) is 0 Å². The first-order valence-corrected chi connectivity index (χ1v) is 10.9. The minimum Gasteiger partial charge on any atom is -0.369 e. The summed E-state index contributed by atoms with van der Waals surface area (Å²) in [5.41, 5.74) is 6.71. The maximum absolute atomic E-state index is 11.3. The summed E-state index contributed by atoms with van der Waals surface area (Å²) in [6.45, 7) is 8.05. The minimum atomic E-state index is -0.134. The van der Waals surface area contributed by atoms with Crippen molar-refractivity contribution in [2.75, 3.05) is 64.3 Å². The van der Waals surface area contributed by atoms with Crippen LogP contribution in [0.5, 0.6) is 0 Å². The van der Waals surface area contributed by atoms with Crippen LogP contribution in [0.25, 0.3) is 0 Å². The lowest BCUT2D eigenvalue weighted by Gasteiger charge is -2.37. The molecule has 0 atom stereocenters. The van der Waals surface area contributed by atoms with Gasteiger partial charge in [-0.1, -0.05) is 18.2 Å². The first kappa shape index (κ1) is 24.7. The van der Waals surface area contributed by atoms with Gasteiger partial charge >= 0.3 is 0 Å². The third-order valence-electron chi connectivity index (χ3n) is 6.09. The van der Waals surface area contributed by atoms with Gasteiger partial charge in [0.25, 0.3) is 0 Å². The second kappa shape index (κ2) is 13.0. The fourth-order valence-electron chi connectivity index (χ4n) is 4.25. The zero-order valence-corrected chi connectivity index (χ0v) is 20.5. The molecule has 2 saturated heterocycles. The normalized spacial score (nSPS) is 18.8. The van der Waals surface area contributed by atoms with Crippen LogP contribution in [0.1, 0.15) is 25.7 Å². The van der Waals surface area contributed by atoms with Gasteiger partial charge in [-0.15, -0.1) is 24.0 Å². The van der Waals surface area contributed by atoms with Gasteiger partial charge in [-0.25, -0.2) is 0 Å². The number of nitrogens with zero attached hydrogens (tertiary/aromatic N) is 4. The molecule has 3 rings (SSSR count). The van der Waals surface area contributed by atoms with E-state index < -0.39 is 0 Å². The molecular formula is C22H37IN6O. The van der Waals surface area contributed by atoms with Gasteiger partial charge in [0.1, 0.15) is 0 Å². The van der Waals surface area contributed by atoms with Crippen LogP contribution in [0.2, 0.25) is 0 Å². The Morgan fingerprint density at radius 2 is 1.73 bits per heavy atom. The third-order valence-corrected chi connectivity index (χ3v) is 6.09. The lowest BCUT2D eigenvalue weighted by Crippen LogP contribution is -2.52. The van der Waals surface area contributed by atoms with E-state index in [2.05, 4.69) is 55.3 Å². The van der Waals surface area contributed by atoms with Gasteiger partial charge in [0.15, 0.2) is 5.96 Å². The lowest BCUT2D eigenvalue weighted by molar-refractivity contribution is -0.123. The quantitative estimate of drug-likeness (QED) is 0.245. The average molecular weight is 528 g/mol. The molecule has 1 amide bonds. The molecule has 8 heteroatoms. The van der Waals surface area contributed by atoms with Gasteiger partial charge in [-0.05, 0) is 57.5 Å². The molecule has 0 aromatic heterocycles. The number of piperazine rings is 1. The summed E-state index contributed by atoms with van der Waals surface area (Å²) in [5.74, 6) is 0.961. The molecule has 3 N–H and O–H groups in total. The Morgan fingerprint density at radius 1 is 1.07 bits per heavy atom. The fourth-order valence-corrected chi connectivity index (χ4v) is 4.25. The first-order chi connectivity index (χ1) is 14.2. The van der Waals surface area contributed by atoms with Crippen LogP contribution in [0.3, 0.4) is 0 Å². The van der Waals surface area contributed by atoms with Gasteiger partial charge in [-0.3, -0.25) is 9.79 Å². The zero-order valence-electron chi connectivity index (χ0n) is 18.1. The molecule has 0 bridgehead atoms. The van der Waals surface area contributed by atoms with Crippen molar-refractivity contribution in [2.45, 2.75) is 25.7 Å². The molecule has 7 nitrogen and oxygen atoms in total. The highest BCUT2D eigenvalue weighted by atomic mass is 127. The average Bonchev–Trinajstić information content (AvgIpc) is 2.77. The second-order valence-electron chi connectivity index (χ2n) is 8.01. The number of hydrogen-bond acceptors (Lipinski definition) is 4. The molecule has 2 aliphatic heterocycles.